The Labute approximate surface area is 231 Å². The van der Waals surface area contributed by atoms with Crippen LogP contribution in [-0.4, -0.2) is 66.0 Å². The summed E-state index contributed by atoms with van der Waals surface area (Å²) in [5.74, 6) is -0.929. The smallest absolute Gasteiger partial charge is 0.257 e. The molecule has 3 heterocycles. The SMILES string of the molecule is CC(C)c1c(C(=O)N2CCN(Cc3cn(-c4cccc(Br)c4F)nn3)C(=O)C2)cnn1-c1ccccc1Cl. The van der Waals surface area contributed by atoms with Crippen molar-refractivity contribution in [1.82, 2.24) is 34.6 Å². The fraction of sp³-hybridized carbons (Fsp3) is 0.269. The van der Waals surface area contributed by atoms with Crippen molar-refractivity contribution in [3.05, 3.63) is 87.1 Å². The van der Waals surface area contributed by atoms with Crippen molar-refractivity contribution in [3.8, 4) is 11.4 Å². The molecule has 2 aromatic heterocycles. The molecular formula is C26H24BrClFN7O2. The maximum absolute atomic E-state index is 14.4. The van der Waals surface area contributed by atoms with Crippen molar-refractivity contribution in [2.24, 2.45) is 0 Å². The van der Waals surface area contributed by atoms with E-state index in [4.69, 9.17) is 11.6 Å². The Morgan fingerprint density at radius 2 is 1.89 bits per heavy atom. The Morgan fingerprint density at radius 1 is 1.13 bits per heavy atom. The predicted octanol–water partition coefficient (Wildman–Crippen LogP) is 4.62. The highest BCUT2D eigenvalue weighted by atomic mass is 79.9. The van der Waals surface area contributed by atoms with Gasteiger partial charge in [0.2, 0.25) is 5.91 Å². The fourth-order valence-electron chi connectivity index (χ4n) is 4.47. The van der Waals surface area contributed by atoms with E-state index in [-0.39, 0.29) is 36.5 Å². The van der Waals surface area contributed by atoms with Gasteiger partial charge in [-0.25, -0.2) is 13.8 Å². The summed E-state index contributed by atoms with van der Waals surface area (Å²) in [7, 11) is 0. The molecular weight excluding hydrogens is 577 g/mol. The topological polar surface area (TPSA) is 89.2 Å². The normalized spacial score (nSPS) is 14.0. The first-order chi connectivity index (χ1) is 18.2. The molecule has 0 radical (unpaired) electrons. The molecule has 0 spiro atoms. The van der Waals surface area contributed by atoms with Gasteiger partial charge >= 0.3 is 0 Å². The molecule has 38 heavy (non-hydrogen) atoms. The van der Waals surface area contributed by atoms with Crippen LogP contribution in [0.15, 0.2) is 59.3 Å². The van der Waals surface area contributed by atoms with E-state index in [9.17, 15) is 14.0 Å². The van der Waals surface area contributed by atoms with Crippen LogP contribution in [0, 0.1) is 5.82 Å². The van der Waals surface area contributed by atoms with Gasteiger partial charge in [0.05, 0.1) is 45.4 Å². The number of halogens is 3. The van der Waals surface area contributed by atoms with E-state index in [0.717, 1.165) is 5.69 Å². The molecule has 5 rings (SSSR count). The highest BCUT2D eigenvalue weighted by Crippen LogP contribution is 2.28. The van der Waals surface area contributed by atoms with Gasteiger partial charge in [-0.2, -0.15) is 5.10 Å². The summed E-state index contributed by atoms with van der Waals surface area (Å²) in [5, 5.41) is 13.1. The van der Waals surface area contributed by atoms with Gasteiger partial charge in [0.25, 0.3) is 5.91 Å². The lowest BCUT2D eigenvalue weighted by molar-refractivity contribution is -0.135. The number of piperazine rings is 1. The van der Waals surface area contributed by atoms with Crippen molar-refractivity contribution in [2.45, 2.75) is 26.3 Å². The Morgan fingerprint density at radius 3 is 2.63 bits per heavy atom. The number of benzene rings is 2. The quantitative estimate of drug-likeness (QED) is 0.322. The fourth-order valence-corrected chi connectivity index (χ4v) is 5.04. The summed E-state index contributed by atoms with van der Waals surface area (Å²) in [6, 6.07) is 12.2. The summed E-state index contributed by atoms with van der Waals surface area (Å²) in [6.45, 7) is 4.79. The van der Waals surface area contributed by atoms with Gasteiger partial charge in [0, 0.05) is 13.1 Å². The first-order valence-corrected chi connectivity index (χ1v) is 13.2. The number of hydrogen-bond acceptors (Lipinski definition) is 5. The molecule has 0 N–H and O–H groups in total. The Bertz CT molecular complexity index is 1520. The highest BCUT2D eigenvalue weighted by molar-refractivity contribution is 9.10. The van der Waals surface area contributed by atoms with Crippen LogP contribution in [0.5, 0.6) is 0 Å². The third kappa shape index (κ3) is 4.95. The van der Waals surface area contributed by atoms with Crippen LogP contribution in [0.4, 0.5) is 4.39 Å². The molecule has 0 saturated carbocycles. The van der Waals surface area contributed by atoms with Crippen molar-refractivity contribution >= 4 is 39.3 Å². The summed E-state index contributed by atoms with van der Waals surface area (Å²) >= 11 is 9.55. The third-order valence-electron chi connectivity index (χ3n) is 6.34. The Kier molecular flexibility index (Phi) is 7.31. The zero-order valence-corrected chi connectivity index (χ0v) is 23.0. The summed E-state index contributed by atoms with van der Waals surface area (Å²) < 4.78 is 17.8. The maximum atomic E-state index is 14.4. The molecule has 1 aliphatic rings. The molecule has 2 amide bonds. The molecule has 4 aromatic rings. The van der Waals surface area contributed by atoms with E-state index in [1.54, 1.807) is 40.0 Å². The van der Waals surface area contributed by atoms with Gasteiger partial charge in [0.1, 0.15) is 17.9 Å². The molecule has 1 saturated heterocycles. The van der Waals surface area contributed by atoms with Crippen LogP contribution in [-0.2, 0) is 11.3 Å². The molecule has 1 aliphatic heterocycles. The lowest BCUT2D eigenvalue weighted by Gasteiger charge is -2.34. The van der Waals surface area contributed by atoms with E-state index in [1.165, 1.54) is 15.8 Å². The first-order valence-electron chi connectivity index (χ1n) is 12.0. The van der Waals surface area contributed by atoms with Crippen LogP contribution in [0.2, 0.25) is 5.02 Å². The zero-order valence-electron chi connectivity index (χ0n) is 20.7. The largest absolute Gasteiger partial charge is 0.333 e. The summed E-state index contributed by atoms with van der Waals surface area (Å²) in [6.07, 6.45) is 3.13. The second-order valence-electron chi connectivity index (χ2n) is 9.23. The van der Waals surface area contributed by atoms with E-state index in [0.29, 0.717) is 39.5 Å². The third-order valence-corrected chi connectivity index (χ3v) is 7.27. The monoisotopic (exact) mass is 599 g/mol. The summed E-state index contributed by atoms with van der Waals surface area (Å²) in [4.78, 5) is 29.6. The van der Waals surface area contributed by atoms with Gasteiger partial charge in [-0.05, 0) is 46.1 Å². The summed E-state index contributed by atoms with van der Waals surface area (Å²) in [5.41, 5.74) is 2.63. The first kappa shape index (κ1) is 26.1. The number of carbonyl (C=O) groups is 2. The molecule has 0 atom stereocenters. The standard InChI is InChI=1S/C26H24BrClFN7O2/c1-16(2)25-18(12-30-36(25)21-8-4-3-7-20(21)28)26(38)34-11-10-33(23(37)15-34)13-17-14-35(32-31-17)22-9-5-6-19(27)24(22)29/h3-9,12,14,16H,10-11,13,15H2,1-2H3. The molecule has 0 aliphatic carbocycles. The molecule has 1 fully saturated rings. The maximum Gasteiger partial charge on any atom is 0.257 e. The minimum Gasteiger partial charge on any atom is -0.333 e. The number of hydrogen-bond donors (Lipinski definition) is 0. The number of rotatable bonds is 6. The van der Waals surface area contributed by atoms with Crippen molar-refractivity contribution in [3.63, 3.8) is 0 Å². The molecule has 9 nitrogen and oxygen atoms in total. The van der Waals surface area contributed by atoms with Gasteiger partial charge < -0.3 is 9.80 Å². The number of para-hydroxylation sites is 1. The lowest BCUT2D eigenvalue weighted by atomic mass is 10.0. The van der Waals surface area contributed by atoms with E-state index >= 15 is 0 Å². The van der Waals surface area contributed by atoms with E-state index < -0.39 is 5.82 Å². The average Bonchev–Trinajstić information content (AvgIpc) is 3.54. The lowest BCUT2D eigenvalue weighted by Crippen LogP contribution is -2.52. The minimum atomic E-state index is -0.453. The van der Waals surface area contributed by atoms with Crippen molar-refractivity contribution in [2.75, 3.05) is 19.6 Å². The van der Waals surface area contributed by atoms with Crippen molar-refractivity contribution < 1.29 is 14.0 Å². The van der Waals surface area contributed by atoms with Gasteiger partial charge in [0.15, 0.2) is 5.82 Å². The highest BCUT2D eigenvalue weighted by Gasteiger charge is 2.31. The second-order valence-corrected chi connectivity index (χ2v) is 10.5. The molecule has 2 aromatic carbocycles. The van der Waals surface area contributed by atoms with E-state index in [1.807, 2.05) is 32.0 Å². The van der Waals surface area contributed by atoms with Crippen molar-refractivity contribution in [1.29, 1.82) is 0 Å². The number of amides is 2. The second kappa shape index (κ2) is 10.7. The van der Waals surface area contributed by atoms with Gasteiger partial charge in [-0.3, -0.25) is 9.59 Å². The molecule has 196 valence electrons. The van der Waals surface area contributed by atoms with Crippen LogP contribution >= 0.6 is 27.5 Å². The minimum absolute atomic E-state index is 0.0117. The van der Waals surface area contributed by atoms with Gasteiger partial charge in [-0.15, -0.1) is 5.10 Å². The number of carbonyl (C=O) groups excluding carboxylic acids is 2. The number of nitrogens with zero attached hydrogens (tertiary/aromatic N) is 7. The van der Waals surface area contributed by atoms with Crippen LogP contribution in [0.1, 0.15) is 41.5 Å². The molecule has 0 bridgehead atoms. The van der Waals surface area contributed by atoms with Crippen LogP contribution < -0.4 is 0 Å². The van der Waals surface area contributed by atoms with E-state index in [2.05, 4.69) is 31.3 Å². The van der Waals surface area contributed by atoms with Crippen LogP contribution in [0.25, 0.3) is 11.4 Å². The Balaban J connectivity index is 1.29. The molecule has 0 unspecified atom stereocenters. The molecule has 12 heteroatoms. The number of aromatic nitrogens is 5. The van der Waals surface area contributed by atoms with Gasteiger partial charge in [-0.1, -0.05) is 48.9 Å². The average molecular weight is 601 g/mol. The zero-order chi connectivity index (χ0) is 27.0. The van der Waals surface area contributed by atoms with Crippen LogP contribution in [0.3, 0.4) is 0 Å². The predicted molar refractivity (Wildman–Crippen MR) is 143 cm³/mol. The Hall–Kier alpha value is -3.57.